The lowest BCUT2D eigenvalue weighted by Crippen LogP contribution is -1.97. The molecule has 0 radical (unpaired) electrons. The number of halogens is 3. The number of hydrogen-bond donors (Lipinski definition) is 0. The average Bonchev–Trinajstić information content (AvgIpc) is 1.63. The molecule has 9 heavy (non-hydrogen) atoms. The summed E-state index contributed by atoms with van der Waals surface area (Å²) in [6.07, 6.45) is 1.34. The second-order valence-electron chi connectivity index (χ2n) is 2.10. The third-order valence-electron chi connectivity index (χ3n) is 0.701. The molecule has 0 aromatic heterocycles. The zero-order valence-electron chi connectivity index (χ0n) is 5.37. The molecule has 4 heteroatoms. The van der Waals surface area contributed by atoms with Gasteiger partial charge in [0.2, 0.25) is 0 Å². The van der Waals surface area contributed by atoms with Gasteiger partial charge in [0.25, 0.3) is 0 Å². The van der Waals surface area contributed by atoms with Crippen LogP contribution in [-0.2, 0) is 0 Å². The lowest BCUT2D eigenvalue weighted by Gasteiger charge is -1.94. The molecule has 0 fully saturated rings. The van der Waals surface area contributed by atoms with Gasteiger partial charge in [-0.1, -0.05) is 31.5 Å². The molecule has 0 spiro atoms. The van der Waals surface area contributed by atoms with E-state index in [9.17, 15) is 8.63 Å². The fourth-order valence-corrected chi connectivity index (χ4v) is 0.643. The van der Waals surface area contributed by atoms with E-state index in [1.807, 2.05) is 0 Å². The summed E-state index contributed by atoms with van der Waals surface area (Å²) in [6.45, 7) is 3.59. The van der Waals surface area contributed by atoms with Crippen LogP contribution < -0.4 is 0 Å². The third-order valence-corrected chi connectivity index (χ3v) is 0.992. The molecule has 0 saturated heterocycles. The molecule has 52 valence electrons. The van der Waals surface area contributed by atoms with E-state index in [-0.39, 0.29) is 10.8 Å². The predicted molar refractivity (Wildman–Crippen MR) is 36.7 cm³/mol. The van der Waals surface area contributed by atoms with Gasteiger partial charge in [-0.3, -0.25) is 8.63 Å². The van der Waals surface area contributed by atoms with Gasteiger partial charge < -0.3 is 0 Å². The Morgan fingerprint density at radius 2 is 2.00 bits per heavy atom. The first kappa shape index (κ1) is 8.95. The topological polar surface area (TPSA) is 0 Å². The molecule has 0 atom stereocenters. The van der Waals surface area contributed by atoms with E-state index in [4.69, 9.17) is 11.6 Å². The maximum atomic E-state index is 11.6. The highest BCUT2D eigenvalue weighted by Crippen LogP contribution is 2.11. The molecule has 0 N–H and O–H groups in total. The molecule has 0 aliphatic heterocycles. The van der Waals surface area contributed by atoms with Crippen molar-refractivity contribution in [3.05, 3.63) is 11.0 Å². The number of hydrogen-bond acceptors (Lipinski definition) is 0. The van der Waals surface area contributed by atoms with Crippen LogP contribution >= 0.6 is 11.6 Å². The van der Waals surface area contributed by atoms with Crippen molar-refractivity contribution in [3.8, 4) is 0 Å². The average molecular weight is 152 g/mol. The highest BCUT2D eigenvalue weighted by molar-refractivity contribution is 6.68. The molecular weight excluding hydrogens is 144 g/mol. The second kappa shape index (κ2) is 3.88. The molecule has 0 bridgehead atoms. The van der Waals surface area contributed by atoms with Crippen LogP contribution in [0.1, 0.15) is 13.8 Å². The van der Waals surface area contributed by atoms with Gasteiger partial charge in [-0.2, -0.15) is 0 Å². The highest BCUT2D eigenvalue weighted by Gasteiger charge is 2.16. The summed E-state index contributed by atoms with van der Waals surface area (Å²) in [5.41, 5.74) is 0. The first-order valence-electron chi connectivity index (χ1n) is 2.69. The molecular formula is C5H8BClF2. The van der Waals surface area contributed by atoms with Crippen LogP contribution in [0.3, 0.4) is 0 Å². The Morgan fingerprint density at radius 1 is 1.56 bits per heavy atom. The maximum Gasteiger partial charge on any atom is 0.583 e. The summed E-state index contributed by atoms with van der Waals surface area (Å²) in [6, 6.07) is 0. The minimum atomic E-state index is -2.52. The molecule has 0 aromatic carbocycles. The van der Waals surface area contributed by atoms with Crippen LogP contribution in [-0.4, -0.2) is 7.27 Å². The summed E-state index contributed by atoms with van der Waals surface area (Å²) in [7, 11) is -2.52. The maximum absolute atomic E-state index is 11.6. The molecule has 0 heterocycles. The third kappa shape index (κ3) is 4.46. The van der Waals surface area contributed by atoms with Crippen LogP contribution in [0.4, 0.5) is 8.63 Å². The fourth-order valence-electron chi connectivity index (χ4n) is 0.391. The Morgan fingerprint density at radius 3 is 2.11 bits per heavy atom. The quantitative estimate of drug-likeness (QED) is 0.534. The molecule has 0 unspecified atom stereocenters. The Hall–Kier alpha value is -0.0451. The van der Waals surface area contributed by atoms with E-state index in [1.54, 1.807) is 13.8 Å². The highest BCUT2D eigenvalue weighted by atomic mass is 35.5. The van der Waals surface area contributed by atoms with Crippen LogP contribution in [0.2, 0.25) is 0 Å². The summed E-state index contributed by atoms with van der Waals surface area (Å²) in [5, 5.41) is 0. The van der Waals surface area contributed by atoms with Crippen molar-refractivity contribution in [1.29, 1.82) is 0 Å². The normalized spacial score (nSPS) is 12.4. The van der Waals surface area contributed by atoms with Gasteiger partial charge in [-0.05, 0) is 5.92 Å². The fraction of sp³-hybridized carbons (Fsp3) is 0.600. The van der Waals surface area contributed by atoms with Gasteiger partial charge in [0.05, 0.1) is 4.93 Å². The molecule has 0 aliphatic rings. The summed E-state index contributed by atoms with van der Waals surface area (Å²) < 4.78 is 23.2. The van der Waals surface area contributed by atoms with Crippen molar-refractivity contribution < 1.29 is 8.63 Å². The van der Waals surface area contributed by atoms with Gasteiger partial charge in [0.15, 0.2) is 0 Å². The van der Waals surface area contributed by atoms with E-state index in [2.05, 4.69) is 0 Å². The van der Waals surface area contributed by atoms with Crippen molar-refractivity contribution in [3.63, 3.8) is 0 Å². The zero-order valence-corrected chi connectivity index (χ0v) is 6.12. The Balaban J connectivity index is 3.84. The smallest absolute Gasteiger partial charge is 0.280 e. The van der Waals surface area contributed by atoms with Gasteiger partial charge in [0.1, 0.15) is 0 Å². The largest absolute Gasteiger partial charge is 0.583 e. The number of rotatable bonds is 2. The van der Waals surface area contributed by atoms with Crippen molar-refractivity contribution in [2.45, 2.75) is 13.8 Å². The minimum absolute atomic E-state index is 0.0894. The molecule has 0 aliphatic carbocycles. The molecule has 0 aromatic rings. The van der Waals surface area contributed by atoms with E-state index in [0.717, 1.165) is 0 Å². The van der Waals surface area contributed by atoms with Crippen molar-refractivity contribution in [1.82, 2.24) is 0 Å². The monoisotopic (exact) mass is 152 g/mol. The lowest BCUT2D eigenvalue weighted by atomic mass is 9.96. The number of allylic oxidation sites excluding steroid dienone is 1. The van der Waals surface area contributed by atoms with Crippen LogP contribution in [0.5, 0.6) is 0 Å². The van der Waals surface area contributed by atoms with Crippen molar-refractivity contribution in [2.75, 3.05) is 0 Å². The lowest BCUT2D eigenvalue weighted by molar-refractivity contribution is 0.678. The van der Waals surface area contributed by atoms with Crippen molar-refractivity contribution in [2.24, 2.45) is 5.92 Å². The van der Waals surface area contributed by atoms with Gasteiger partial charge in [-0.15, -0.1) is 0 Å². The Bertz CT molecular complexity index is 112. The Kier molecular flexibility index (Phi) is 3.86. The van der Waals surface area contributed by atoms with E-state index < -0.39 is 7.27 Å². The van der Waals surface area contributed by atoms with E-state index in [1.165, 1.54) is 6.08 Å². The van der Waals surface area contributed by atoms with Crippen LogP contribution in [0.25, 0.3) is 0 Å². The summed E-state index contributed by atoms with van der Waals surface area (Å²) >= 11 is 5.12. The summed E-state index contributed by atoms with van der Waals surface area (Å²) in [5.74, 6) is 0.0894. The van der Waals surface area contributed by atoms with Crippen LogP contribution in [0.15, 0.2) is 11.0 Å². The van der Waals surface area contributed by atoms with Crippen molar-refractivity contribution >= 4 is 18.9 Å². The zero-order chi connectivity index (χ0) is 7.44. The summed E-state index contributed by atoms with van der Waals surface area (Å²) in [4.78, 5) is -0.356. The molecule has 0 nitrogen and oxygen atoms in total. The predicted octanol–water partition coefficient (Wildman–Crippen LogP) is 2.73. The minimum Gasteiger partial charge on any atom is -0.280 e. The SMILES string of the molecule is CC(C)C=C(Cl)B(F)F. The van der Waals surface area contributed by atoms with Gasteiger partial charge in [0, 0.05) is 0 Å². The Labute approximate surface area is 59.1 Å². The standard InChI is InChI=1S/C5H8BClF2/c1-4(2)3-5(7)6(8)9/h3-4H,1-2H3. The first-order chi connectivity index (χ1) is 4.04. The molecule has 0 saturated carbocycles. The van der Waals surface area contributed by atoms with E-state index in [0.29, 0.717) is 0 Å². The molecule has 0 amide bonds. The van der Waals surface area contributed by atoms with Gasteiger partial charge >= 0.3 is 7.27 Å². The second-order valence-corrected chi connectivity index (χ2v) is 2.53. The van der Waals surface area contributed by atoms with Crippen LogP contribution in [0, 0.1) is 5.92 Å². The first-order valence-corrected chi connectivity index (χ1v) is 3.07. The van der Waals surface area contributed by atoms with Gasteiger partial charge in [-0.25, -0.2) is 0 Å². The van der Waals surface area contributed by atoms with E-state index >= 15 is 0 Å². The molecule has 0 rings (SSSR count).